The maximum absolute atomic E-state index is 14.2. The Morgan fingerprint density at radius 1 is 0.845 bits per heavy atom. The Kier molecular flexibility index (Phi) is 17.6. The minimum absolute atomic E-state index is 0.111. The number of nitrogens with zero attached hydrogens (tertiary/aromatic N) is 2. The maximum atomic E-state index is 14.2. The lowest BCUT2D eigenvalue weighted by Crippen LogP contribution is -2.53. The number of amides is 3. The van der Waals surface area contributed by atoms with Crippen molar-refractivity contribution in [2.24, 2.45) is 0 Å². The molecule has 1 fully saturated rings. The number of aryl methyl sites for hydroxylation is 2. The van der Waals surface area contributed by atoms with E-state index in [1.54, 1.807) is 12.1 Å². The van der Waals surface area contributed by atoms with Gasteiger partial charge in [-0.1, -0.05) is 127 Å². The average molecular weight is 843 g/mol. The summed E-state index contributed by atoms with van der Waals surface area (Å²) in [5, 5.41) is 2.73. The Hall–Kier alpha value is -4.43. The lowest BCUT2D eigenvalue weighted by Gasteiger charge is -2.23. The van der Waals surface area contributed by atoms with Crippen LogP contribution in [0.3, 0.4) is 0 Å². The van der Waals surface area contributed by atoms with Crippen LogP contribution in [0.5, 0.6) is 5.75 Å². The highest BCUT2D eigenvalue weighted by molar-refractivity contribution is 7.92. The Morgan fingerprint density at radius 3 is 1.93 bits per heavy atom. The minimum atomic E-state index is -4.26. The third-order valence-electron chi connectivity index (χ3n) is 10.0. The van der Waals surface area contributed by atoms with E-state index in [1.165, 1.54) is 135 Å². The fourth-order valence-corrected chi connectivity index (χ4v) is 8.17. The van der Waals surface area contributed by atoms with Gasteiger partial charge in [-0.3, -0.25) is 19.1 Å². The summed E-state index contributed by atoms with van der Waals surface area (Å²) in [5.41, 5.74) is -1.51. The van der Waals surface area contributed by atoms with E-state index >= 15 is 0 Å². The molecule has 2 N–H and O–H groups in total. The second kappa shape index (κ2) is 22.1. The number of ketones is 1. The summed E-state index contributed by atoms with van der Waals surface area (Å²) in [6.45, 7) is 8.16. The highest BCUT2D eigenvalue weighted by atomic mass is 35.5. The van der Waals surface area contributed by atoms with Gasteiger partial charge in [0.25, 0.3) is 21.8 Å². The van der Waals surface area contributed by atoms with E-state index in [0.717, 1.165) is 19.3 Å². The van der Waals surface area contributed by atoms with Crippen LogP contribution in [-0.4, -0.2) is 60.2 Å². The zero-order valence-corrected chi connectivity index (χ0v) is 36.1. The summed E-state index contributed by atoms with van der Waals surface area (Å²) in [5.74, 6) is -3.19. The summed E-state index contributed by atoms with van der Waals surface area (Å²) >= 11 is 6.22. The summed E-state index contributed by atoms with van der Waals surface area (Å²) in [7, 11) is -4.26. The van der Waals surface area contributed by atoms with Crippen molar-refractivity contribution in [3.63, 3.8) is 0 Å². The van der Waals surface area contributed by atoms with Gasteiger partial charge in [-0.15, -0.1) is 0 Å². The van der Waals surface area contributed by atoms with Crippen molar-refractivity contribution in [3.8, 4) is 5.75 Å². The monoisotopic (exact) mass is 842 g/mol. The Morgan fingerprint density at radius 2 is 1.41 bits per heavy atom. The number of carbonyl (C=O) groups is 4. The molecule has 1 aliphatic rings. The number of oxazole rings is 1. The highest BCUT2D eigenvalue weighted by Crippen LogP contribution is 2.33. The van der Waals surface area contributed by atoms with Crippen molar-refractivity contribution in [2.45, 2.75) is 154 Å². The van der Waals surface area contributed by atoms with Gasteiger partial charge in [0.15, 0.2) is 23.3 Å². The van der Waals surface area contributed by atoms with Crippen LogP contribution in [-0.2, 0) is 24.3 Å². The van der Waals surface area contributed by atoms with Crippen LogP contribution in [0.1, 0.15) is 146 Å². The van der Waals surface area contributed by atoms with Gasteiger partial charge in [0.1, 0.15) is 5.75 Å². The van der Waals surface area contributed by atoms with Crippen molar-refractivity contribution >= 4 is 56.7 Å². The fourth-order valence-electron chi connectivity index (χ4n) is 6.83. The van der Waals surface area contributed by atoms with Crippen LogP contribution in [0.15, 0.2) is 51.8 Å². The molecule has 4 rings (SSSR count). The standard InChI is InChI=1S/C43H59ClN4O9S/c1-6-7-8-9-10-11-12-13-14-15-16-17-18-19-20-23-28-55-36-27-26-32(58(53,54)47-34-25-22-21-24-33(34)44)29-35(36)46-40(50)37(38(49)39-30(2)45-31(3)56-39)48-41(51)43(4,5)57-42(48)52/h21-22,24-27,29,37,47H,6-20,23,28H2,1-5H3,(H,46,50). The van der Waals surface area contributed by atoms with E-state index in [0.29, 0.717) is 11.3 Å². The molecule has 2 heterocycles. The zero-order chi connectivity index (χ0) is 42.3. The number of anilines is 2. The first-order valence-electron chi connectivity index (χ1n) is 20.6. The van der Waals surface area contributed by atoms with Gasteiger partial charge in [-0.25, -0.2) is 23.1 Å². The van der Waals surface area contributed by atoms with Crippen LogP contribution >= 0.6 is 11.6 Å². The number of para-hydroxylation sites is 1. The Bertz CT molecular complexity index is 1980. The number of unbranched alkanes of at least 4 members (excludes halogenated alkanes) is 15. The van der Waals surface area contributed by atoms with E-state index in [2.05, 4.69) is 21.9 Å². The molecule has 2 aromatic carbocycles. The SMILES string of the molecule is CCCCCCCCCCCCCCCCCCOc1ccc(S(=O)(=O)Nc2ccccc2Cl)cc1NC(=O)C(C(=O)c1oc(C)nc1C)N1C(=O)OC(C)(C)C1=O. The lowest BCUT2D eigenvalue weighted by molar-refractivity contribution is -0.137. The lowest BCUT2D eigenvalue weighted by atomic mass is 10.0. The molecular formula is C43H59ClN4O9S. The molecule has 0 spiro atoms. The molecule has 1 saturated heterocycles. The predicted molar refractivity (Wildman–Crippen MR) is 224 cm³/mol. The van der Waals surface area contributed by atoms with E-state index < -0.39 is 45.4 Å². The second-order valence-corrected chi connectivity index (χ2v) is 17.4. The third-order valence-corrected chi connectivity index (χ3v) is 11.7. The van der Waals surface area contributed by atoms with Crippen molar-refractivity contribution in [2.75, 3.05) is 16.6 Å². The molecular weight excluding hydrogens is 784 g/mol. The van der Waals surface area contributed by atoms with Crippen molar-refractivity contribution in [3.05, 3.63) is 64.8 Å². The fraction of sp³-hybridized carbons (Fsp3) is 0.558. The maximum Gasteiger partial charge on any atom is 0.418 e. The molecule has 3 aromatic rings. The first kappa shape index (κ1) is 46.3. The molecule has 1 unspecified atom stereocenters. The number of benzene rings is 2. The predicted octanol–water partition coefficient (Wildman–Crippen LogP) is 10.3. The number of cyclic esters (lactones) is 1. The van der Waals surface area contributed by atoms with Gasteiger partial charge in [-0.05, 0) is 57.5 Å². The number of halogens is 1. The minimum Gasteiger partial charge on any atom is -0.491 e. The number of imide groups is 1. The normalized spacial score (nSPS) is 14.3. The van der Waals surface area contributed by atoms with Gasteiger partial charge < -0.3 is 19.2 Å². The molecule has 318 valence electrons. The van der Waals surface area contributed by atoms with E-state index in [-0.39, 0.29) is 51.0 Å². The van der Waals surface area contributed by atoms with Gasteiger partial charge in [0.05, 0.1) is 33.6 Å². The number of hydrogen-bond acceptors (Lipinski definition) is 10. The molecule has 1 aliphatic heterocycles. The summed E-state index contributed by atoms with van der Waals surface area (Å²) < 4.78 is 46.3. The van der Waals surface area contributed by atoms with E-state index in [1.807, 2.05) is 0 Å². The quantitative estimate of drug-likeness (QED) is 0.0450. The largest absolute Gasteiger partial charge is 0.491 e. The smallest absolute Gasteiger partial charge is 0.418 e. The summed E-state index contributed by atoms with van der Waals surface area (Å²) in [6.07, 6.45) is 18.3. The Balaban J connectivity index is 1.43. The van der Waals surface area contributed by atoms with Crippen LogP contribution in [0.4, 0.5) is 16.2 Å². The topological polar surface area (TPSA) is 174 Å². The van der Waals surface area contributed by atoms with Crippen molar-refractivity contribution in [1.82, 2.24) is 9.88 Å². The molecule has 15 heteroatoms. The van der Waals surface area contributed by atoms with Crippen LogP contribution in [0.2, 0.25) is 5.02 Å². The van der Waals surface area contributed by atoms with Crippen molar-refractivity contribution in [1.29, 1.82) is 0 Å². The van der Waals surface area contributed by atoms with Crippen LogP contribution < -0.4 is 14.8 Å². The van der Waals surface area contributed by atoms with Gasteiger partial charge in [0.2, 0.25) is 5.78 Å². The molecule has 3 amide bonds. The molecule has 0 bridgehead atoms. The van der Waals surface area contributed by atoms with E-state index in [4.69, 9.17) is 25.5 Å². The molecule has 1 aromatic heterocycles. The van der Waals surface area contributed by atoms with Gasteiger partial charge >= 0.3 is 6.09 Å². The highest BCUT2D eigenvalue weighted by Gasteiger charge is 2.54. The van der Waals surface area contributed by atoms with Gasteiger partial charge in [0, 0.05) is 6.92 Å². The first-order valence-corrected chi connectivity index (χ1v) is 22.4. The number of hydrogen-bond donors (Lipinski definition) is 2. The molecule has 58 heavy (non-hydrogen) atoms. The number of rotatable bonds is 26. The number of Topliss-reactive ketones (excluding diaryl/α,β-unsaturated/α-hetero) is 1. The number of sulfonamides is 1. The number of nitrogens with one attached hydrogen (secondary N) is 2. The average Bonchev–Trinajstić information content (AvgIpc) is 3.62. The molecule has 0 radical (unpaired) electrons. The van der Waals surface area contributed by atoms with Crippen LogP contribution in [0.25, 0.3) is 0 Å². The molecule has 0 saturated carbocycles. The summed E-state index contributed by atoms with van der Waals surface area (Å²) in [4.78, 5) is 58.8. The van der Waals surface area contributed by atoms with Crippen LogP contribution in [0, 0.1) is 13.8 Å². The zero-order valence-electron chi connectivity index (χ0n) is 34.5. The third kappa shape index (κ3) is 13.0. The van der Waals surface area contributed by atoms with E-state index in [9.17, 15) is 27.6 Å². The Labute approximate surface area is 348 Å². The second-order valence-electron chi connectivity index (χ2n) is 15.4. The number of aromatic nitrogens is 1. The van der Waals surface area contributed by atoms with Gasteiger partial charge in [-0.2, -0.15) is 0 Å². The summed E-state index contributed by atoms with van der Waals surface area (Å²) in [6, 6.07) is 8.07. The molecule has 0 aliphatic carbocycles. The molecule has 13 nitrogen and oxygen atoms in total. The van der Waals surface area contributed by atoms with Crippen molar-refractivity contribution < 1.29 is 41.5 Å². The first-order chi connectivity index (χ1) is 27.7. The number of ether oxygens (including phenoxy) is 2. The molecule has 1 atom stereocenters. The number of carbonyl (C=O) groups excluding carboxylic acids is 4.